The SMILES string of the molecule is Cl.O=C(Cc1cccs1)Nc1ccc(C(=O)OC2CCNCC2)cc1. The van der Waals surface area contributed by atoms with Crippen molar-refractivity contribution in [3.8, 4) is 0 Å². The van der Waals surface area contributed by atoms with E-state index in [0.717, 1.165) is 30.8 Å². The smallest absolute Gasteiger partial charge is 0.338 e. The first kappa shape index (κ1) is 19.4. The molecule has 1 fully saturated rings. The fourth-order valence-corrected chi connectivity index (χ4v) is 3.30. The maximum atomic E-state index is 12.1. The van der Waals surface area contributed by atoms with Crippen molar-refractivity contribution in [1.82, 2.24) is 5.32 Å². The summed E-state index contributed by atoms with van der Waals surface area (Å²) in [6.07, 6.45) is 2.05. The van der Waals surface area contributed by atoms with E-state index in [9.17, 15) is 9.59 Å². The van der Waals surface area contributed by atoms with Gasteiger partial charge in [-0.15, -0.1) is 23.7 Å². The van der Waals surface area contributed by atoms with Crippen LogP contribution >= 0.6 is 23.7 Å². The molecule has 1 aliphatic heterocycles. The highest BCUT2D eigenvalue weighted by atomic mass is 35.5. The van der Waals surface area contributed by atoms with Crippen LogP contribution in [0.3, 0.4) is 0 Å². The van der Waals surface area contributed by atoms with Gasteiger partial charge in [0.05, 0.1) is 12.0 Å². The largest absolute Gasteiger partial charge is 0.459 e. The number of benzene rings is 1. The van der Waals surface area contributed by atoms with Crippen LogP contribution in [0, 0.1) is 0 Å². The van der Waals surface area contributed by atoms with Crippen LogP contribution in [0.25, 0.3) is 0 Å². The fraction of sp³-hybridized carbons (Fsp3) is 0.333. The first-order valence-electron chi connectivity index (χ1n) is 8.05. The Hall–Kier alpha value is -1.89. The van der Waals surface area contributed by atoms with Crippen LogP contribution in [0.1, 0.15) is 28.1 Å². The number of hydrogen-bond acceptors (Lipinski definition) is 5. The molecule has 1 aromatic heterocycles. The third-order valence-corrected chi connectivity index (χ3v) is 4.76. The summed E-state index contributed by atoms with van der Waals surface area (Å²) in [4.78, 5) is 25.1. The second-order valence-electron chi connectivity index (χ2n) is 5.74. The van der Waals surface area contributed by atoms with Gasteiger partial charge in [0.15, 0.2) is 0 Å². The summed E-state index contributed by atoms with van der Waals surface area (Å²) >= 11 is 1.56. The number of nitrogens with one attached hydrogen (secondary N) is 2. The predicted octanol–water partition coefficient (Wildman–Crippen LogP) is 3.26. The van der Waals surface area contributed by atoms with Crippen molar-refractivity contribution in [3.63, 3.8) is 0 Å². The predicted molar refractivity (Wildman–Crippen MR) is 102 cm³/mol. The van der Waals surface area contributed by atoms with Gasteiger partial charge in [0, 0.05) is 10.6 Å². The number of halogens is 1. The third kappa shape index (κ3) is 5.85. The molecule has 134 valence electrons. The van der Waals surface area contributed by atoms with Crippen molar-refractivity contribution in [2.45, 2.75) is 25.4 Å². The molecule has 2 heterocycles. The van der Waals surface area contributed by atoms with E-state index in [1.54, 1.807) is 35.6 Å². The maximum Gasteiger partial charge on any atom is 0.338 e. The second kappa shape index (κ2) is 9.56. The molecule has 2 aromatic rings. The number of anilines is 1. The molecule has 0 saturated carbocycles. The van der Waals surface area contributed by atoms with E-state index < -0.39 is 0 Å². The number of amides is 1. The van der Waals surface area contributed by atoms with Crippen LogP contribution in [-0.2, 0) is 16.0 Å². The van der Waals surface area contributed by atoms with E-state index in [-0.39, 0.29) is 30.4 Å². The number of rotatable bonds is 5. The molecule has 0 unspecified atom stereocenters. The molecule has 0 radical (unpaired) electrons. The molecule has 0 bridgehead atoms. The topological polar surface area (TPSA) is 67.4 Å². The molecule has 1 amide bonds. The van der Waals surface area contributed by atoms with Gasteiger partial charge in [-0.3, -0.25) is 4.79 Å². The van der Waals surface area contributed by atoms with Crippen molar-refractivity contribution < 1.29 is 14.3 Å². The van der Waals surface area contributed by atoms with E-state index in [1.807, 2.05) is 17.5 Å². The number of carbonyl (C=O) groups excluding carboxylic acids is 2. The van der Waals surface area contributed by atoms with E-state index in [1.165, 1.54) is 0 Å². The standard InChI is InChI=1S/C18H20N2O3S.ClH/c21-17(12-16-2-1-11-24-16)20-14-5-3-13(4-6-14)18(22)23-15-7-9-19-10-8-15;/h1-6,11,15,19H,7-10,12H2,(H,20,21);1H. The van der Waals surface area contributed by atoms with Crippen molar-refractivity contribution in [2.24, 2.45) is 0 Å². The second-order valence-corrected chi connectivity index (χ2v) is 6.77. The number of thiophene rings is 1. The minimum absolute atomic E-state index is 0. The lowest BCUT2D eigenvalue weighted by Gasteiger charge is -2.22. The van der Waals surface area contributed by atoms with E-state index >= 15 is 0 Å². The minimum Gasteiger partial charge on any atom is -0.459 e. The molecule has 7 heteroatoms. The number of esters is 1. The zero-order chi connectivity index (χ0) is 16.8. The number of carbonyl (C=O) groups is 2. The summed E-state index contributed by atoms with van der Waals surface area (Å²) < 4.78 is 5.50. The van der Waals surface area contributed by atoms with Crippen LogP contribution in [0.5, 0.6) is 0 Å². The first-order valence-corrected chi connectivity index (χ1v) is 8.92. The normalized spacial score (nSPS) is 14.4. The lowest BCUT2D eigenvalue weighted by atomic mass is 10.1. The van der Waals surface area contributed by atoms with E-state index in [4.69, 9.17) is 4.74 Å². The average Bonchev–Trinajstić information content (AvgIpc) is 3.09. The van der Waals surface area contributed by atoms with Crippen LogP contribution in [0.4, 0.5) is 5.69 Å². The summed E-state index contributed by atoms with van der Waals surface area (Å²) in [5.74, 6) is -0.374. The monoisotopic (exact) mass is 380 g/mol. The van der Waals surface area contributed by atoms with Gasteiger partial charge in [-0.2, -0.15) is 0 Å². The molecule has 0 aliphatic carbocycles. The molecule has 1 saturated heterocycles. The Kier molecular flexibility index (Phi) is 7.43. The molecule has 25 heavy (non-hydrogen) atoms. The summed E-state index contributed by atoms with van der Waals surface area (Å²) in [7, 11) is 0. The Morgan fingerprint density at radius 3 is 2.52 bits per heavy atom. The summed E-state index contributed by atoms with van der Waals surface area (Å²) in [5, 5.41) is 8.02. The Balaban J connectivity index is 0.00000225. The number of ether oxygens (including phenoxy) is 1. The molecule has 2 N–H and O–H groups in total. The summed E-state index contributed by atoms with van der Waals surface area (Å²) in [6, 6.07) is 10.7. The van der Waals surface area contributed by atoms with Crippen molar-refractivity contribution in [2.75, 3.05) is 18.4 Å². The van der Waals surface area contributed by atoms with Gasteiger partial charge >= 0.3 is 5.97 Å². The molecule has 3 rings (SSSR count). The highest BCUT2D eigenvalue weighted by molar-refractivity contribution is 7.10. The van der Waals surface area contributed by atoms with Gasteiger partial charge in [-0.1, -0.05) is 6.07 Å². The van der Waals surface area contributed by atoms with Crippen LogP contribution in [0.2, 0.25) is 0 Å². The molecule has 0 atom stereocenters. The Morgan fingerprint density at radius 2 is 1.88 bits per heavy atom. The molecule has 1 aromatic carbocycles. The Morgan fingerprint density at radius 1 is 1.16 bits per heavy atom. The molecular weight excluding hydrogens is 360 g/mol. The van der Waals surface area contributed by atoms with Gasteiger partial charge in [0.1, 0.15) is 6.10 Å². The maximum absolute atomic E-state index is 12.1. The van der Waals surface area contributed by atoms with Gasteiger partial charge < -0.3 is 15.4 Å². The highest BCUT2D eigenvalue weighted by Crippen LogP contribution is 2.15. The van der Waals surface area contributed by atoms with E-state index in [0.29, 0.717) is 17.7 Å². The van der Waals surface area contributed by atoms with Crippen molar-refractivity contribution in [3.05, 3.63) is 52.2 Å². The average molecular weight is 381 g/mol. The highest BCUT2D eigenvalue weighted by Gasteiger charge is 2.18. The molecule has 0 spiro atoms. The Bertz CT molecular complexity index is 683. The number of piperidine rings is 1. The molecule has 5 nitrogen and oxygen atoms in total. The van der Waals surface area contributed by atoms with Crippen LogP contribution in [0.15, 0.2) is 41.8 Å². The van der Waals surface area contributed by atoms with Gasteiger partial charge in [-0.05, 0) is 61.6 Å². The van der Waals surface area contributed by atoms with Gasteiger partial charge in [-0.25, -0.2) is 4.79 Å². The number of hydrogen-bond donors (Lipinski definition) is 2. The first-order chi connectivity index (χ1) is 11.7. The van der Waals surface area contributed by atoms with Crippen LogP contribution in [-0.4, -0.2) is 31.1 Å². The zero-order valence-electron chi connectivity index (χ0n) is 13.7. The Labute approximate surface area is 157 Å². The van der Waals surface area contributed by atoms with E-state index in [2.05, 4.69) is 10.6 Å². The molecular formula is C18H21ClN2O3S. The zero-order valence-corrected chi connectivity index (χ0v) is 15.3. The minimum atomic E-state index is -0.307. The van der Waals surface area contributed by atoms with Crippen LogP contribution < -0.4 is 10.6 Å². The lowest BCUT2D eigenvalue weighted by Crippen LogP contribution is -2.33. The quantitative estimate of drug-likeness (QED) is 0.781. The summed E-state index contributed by atoms with van der Waals surface area (Å²) in [5.41, 5.74) is 1.18. The van der Waals surface area contributed by atoms with Crippen molar-refractivity contribution in [1.29, 1.82) is 0 Å². The fourth-order valence-electron chi connectivity index (χ4n) is 2.60. The lowest BCUT2D eigenvalue weighted by molar-refractivity contribution is -0.115. The van der Waals surface area contributed by atoms with Crippen molar-refractivity contribution >= 4 is 41.3 Å². The van der Waals surface area contributed by atoms with Gasteiger partial charge in [0.25, 0.3) is 0 Å². The van der Waals surface area contributed by atoms with Gasteiger partial charge in [0.2, 0.25) is 5.91 Å². The molecule has 1 aliphatic rings. The summed E-state index contributed by atoms with van der Waals surface area (Å²) in [6.45, 7) is 1.76. The third-order valence-electron chi connectivity index (χ3n) is 3.88.